The van der Waals surface area contributed by atoms with E-state index in [1.165, 1.54) is 6.07 Å². The number of methoxy groups -OCH3 is 1. The van der Waals surface area contributed by atoms with E-state index in [1.807, 2.05) is 48.5 Å². The monoisotopic (exact) mass is 944 g/mol. The Kier molecular flexibility index (Phi) is 11.8. The van der Waals surface area contributed by atoms with Gasteiger partial charge in [-0.1, -0.05) is 80.1 Å². The second-order valence-electron chi connectivity index (χ2n) is 20.4. The molecule has 6 aliphatic rings. The van der Waals surface area contributed by atoms with Gasteiger partial charge in [0.15, 0.2) is 0 Å². The van der Waals surface area contributed by atoms with E-state index >= 15 is 4.39 Å². The van der Waals surface area contributed by atoms with Crippen molar-refractivity contribution in [1.82, 2.24) is 15.5 Å². The van der Waals surface area contributed by atoms with Gasteiger partial charge in [-0.2, -0.15) is 0 Å². The van der Waals surface area contributed by atoms with Crippen molar-refractivity contribution >= 4 is 63.9 Å². The van der Waals surface area contributed by atoms with Crippen molar-refractivity contribution in [3.63, 3.8) is 0 Å². The Balaban J connectivity index is 0.817. The van der Waals surface area contributed by atoms with E-state index in [2.05, 4.69) is 58.8 Å². The molecule has 1 aliphatic carbocycles. The summed E-state index contributed by atoms with van der Waals surface area (Å²) in [4.78, 5) is 56.3. The molecule has 4 amide bonds. The molecule has 7 atom stereocenters. The molecular formula is C53H55Cl2FN6O5. The maximum Gasteiger partial charge on any atom is 0.255 e. The number of fused-ring (bicyclic) bond motifs is 3. The van der Waals surface area contributed by atoms with E-state index in [-0.39, 0.29) is 40.6 Å². The molecule has 10 rings (SSSR count). The molecular weight excluding hydrogens is 891 g/mol. The van der Waals surface area contributed by atoms with E-state index in [9.17, 15) is 19.2 Å². The summed E-state index contributed by atoms with van der Waals surface area (Å²) in [5.41, 5.74) is 5.20. The fourth-order valence-electron chi connectivity index (χ4n) is 11.8. The molecule has 1 saturated carbocycles. The highest BCUT2D eigenvalue weighted by Gasteiger charge is 2.61. The number of amides is 4. The van der Waals surface area contributed by atoms with Crippen LogP contribution in [0, 0.1) is 40.8 Å². The summed E-state index contributed by atoms with van der Waals surface area (Å²) in [7, 11) is 1.60. The molecule has 0 bridgehead atoms. The largest absolute Gasteiger partial charge is 0.494 e. The topological polar surface area (TPSA) is 132 Å². The molecule has 11 nitrogen and oxygen atoms in total. The molecule has 4 aromatic rings. The predicted octanol–water partition coefficient (Wildman–Crippen LogP) is 8.67. The fourth-order valence-corrected chi connectivity index (χ4v) is 12.2. The lowest BCUT2D eigenvalue weighted by Gasteiger charge is -2.39. The van der Waals surface area contributed by atoms with Gasteiger partial charge in [0.1, 0.15) is 17.6 Å². The van der Waals surface area contributed by atoms with Gasteiger partial charge < -0.3 is 30.5 Å². The Morgan fingerprint density at radius 1 is 1.00 bits per heavy atom. The number of ether oxygens (including phenoxy) is 1. The number of benzene rings is 4. The quantitative estimate of drug-likeness (QED) is 0.102. The first-order valence-electron chi connectivity index (χ1n) is 23.4. The first-order chi connectivity index (χ1) is 32.1. The van der Waals surface area contributed by atoms with Crippen molar-refractivity contribution < 1.29 is 28.3 Å². The van der Waals surface area contributed by atoms with Crippen molar-refractivity contribution in [3.8, 4) is 17.6 Å². The summed E-state index contributed by atoms with van der Waals surface area (Å²) in [6, 6.07) is 20.6. The smallest absolute Gasteiger partial charge is 0.255 e. The molecule has 4 N–H and O–H groups in total. The molecule has 4 aromatic carbocycles. The van der Waals surface area contributed by atoms with Crippen LogP contribution in [0.25, 0.3) is 0 Å². The summed E-state index contributed by atoms with van der Waals surface area (Å²) < 4.78 is 22.2. The van der Waals surface area contributed by atoms with Crippen LogP contribution in [0.5, 0.6) is 5.75 Å². The Morgan fingerprint density at radius 2 is 1.79 bits per heavy atom. The van der Waals surface area contributed by atoms with Crippen LogP contribution in [-0.2, 0) is 26.3 Å². The lowest BCUT2D eigenvalue weighted by atomic mass is 9.63. The van der Waals surface area contributed by atoms with Crippen molar-refractivity contribution in [3.05, 3.63) is 116 Å². The summed E-state index contributed by atoms with van der Waals surface area (Å²) in [5, 5.41) is 13.5. The van der Waals surface area contributed by atoms with Crippen LogP contribution in [0.15, 0.2) is 72.8 Å². The standard InChI is InChI=1S/C53H55Cl2FN6O5/c1-52(2,3)26-44-53(28-57-41-24-32(54)13-15-38(41)53)46(35-9-6-10-39(55)47(35)56)48(59-44)50(65)58-40-16-14-33(25-43(40)67-4)61-21-19-30(20-22-61)36-23-31(36)12-11-29-7-5-8-34-37(29)27-62(51(34)66)42-17-18-45(63)60-49(42)64/h5-10,13-16,24-25,30-31,36,42,44,46,48,57,59H,17-23,26-28H2,1-4H3,(H,58,65)(H,60,63,64)/t31-,36+,42?,44+,46+,48-,53+/m1/s1. The third-order valence-electron chi connectivity index (χ3n) is 15.1. The molecule has 1 spiro atoms. The molecule has 67 heavy (non-hydrogen) atoms. The SMILES string of the molecule is COc1cc(N2CCC([C@@H]3C[C@H]3C#Cc3cccc4c3CN(C3CCC(=O)NC3=O)C4=O)CC2)ccc1NC(=O)[C@@H]1N[C@@H](CC(C)(C)C)[C@@]2(CNc3cc(Cl)ccc32)[C@H]1c1cccc(Cl)c1F. The molecule has 1 unspecified atom stereocenters. The van der Waals surface area contributed by atoms with Crippen LogP contribution in [0.4, 0.5) is 21.5 Å². The number of nitrogens with one attached hydrogen (secondary N) is 4. The first kappa shape index (κ1) is 45.2. The Bertz CT molecular complexity index is 2760. The molecule has 5 aliphatic heterocycles. The molecule has 0 aromatic heterocycles. The number of piperidine rings is 2. The Labute approximate surface area is 400 Å². The second kappa shape index (κ2) is 17.5. The van der Waals surface area contributed by atoms with E-state index in [0.29, 0.717) is 64.9 Å². The molecule has 3 saturated heterocycles. The number of anilines is 3. The maximum atomic E-state index is 16.3. The molecule has 348 valence electrons. The summed E-state index contributed by atoms with van der Waals surface area (Å²) in [6.07, 6.45) is 4.35. The van der Waals surface area contributed by atoms with Crippen molar-refractivity contribution in [1.29, 1.82) is 0 Å². The van der Waals surface area contributed by atoms with Crippen LogP contribution in [0.1, 0.15) is 97.8 Å². The highest BCUT2D eigenvalue weighted by atomic mass is 35.5. The second-order valence-corrected chi connectivity index (χ2v) is 21.2. The highest BCUT2D eigenvalue weighted by Crippen LogP contribution is 2.57. The van der Waals surface area contributed by atoms with Gasteiger partial charge in [0, 0.05) is 89.5 Å². The number of halogens is 3. The maximum absolute atomic E-state index is 16.3. The van der Waals surface area contributed by atoms with Gasteiger partial charge in [0.2, 0.25) is 17.7 Å². The summed E-state index contributed by atoms with van der Waals surface area (Å²) in [5.74, 6) is 6.43. The summed E-state index contributed by atoms with van der Waals surface area (Å²) in [6.45, 7) is 9.06. The van der Waals surface area contributed by atoms with E-state index < -0.39 is 35.1 Å². The lowest BCUT2D eigenvalue weighted by molar-refractivity contribution is -0.137. The number of hydrogen-bond donors (Lipinski definition) is 4. The van der Waals surface area contributed by atoms with Gasteiger partial charge in [-0.25, -0.2) is 4.39 Å². The average Bonchev–Trinajstić information content (AvgIpc) is 3.73. The van der Waals surface area contributed by atoms with Crippen LogP contribution in [0.3, 0.4) is 0 Å². The number of hydrogen-bond acceptors (Lipinski definition) is 8. The summed E-state index contributed by atoms with van der Waals surface area (Å²) >= 11 is 12.9. The van der Waals surface area contributed by atoms with Crippen LogP contribution in [-0.4, -0.2) is 73.4 Å². The highest BCUT2D eigenvalue weighted by molar-refractivity contribution is 6.31. The third kappa shape index (κ3) is 8.31. The number of imide groups is 1. The number of carbonyl (C=O) groups excluding carboxylic acids is 4. The fraction of sp³-hybridized carbons (Fsp3) is 0.434. The minimum atomic E-state index is -0.823. The van der Waals surface area contributed by atoms with Gasteiger partial charge in [-0.05, 0) is 109 Å². The number of rotatable bonds is 8. The molecule has 0 radical (unpaired) electrons. The van der Waals surface area contributed by atoms with Gasteiger partial charge in [-0.15, -0.1) is 0 Å². The Morgan fingerprint density at radius 3 is 2.55 bits per heavy atom. The zero-order valence-electron chi connectivity index (χ0n) is 38.1. The molecule has 5 heterocycles. The Hall–Kier alpha value is -5.61. The van der Waals surface area contributed by atoms with Crippen LogP contribution in [0.2, 0.25) is 10.0 Å². The number of nitrogens with zero attached hydrogens (tertiary/aromatic N) is 2. The number of carbonyl (C=O) groups is 4. The zero-order chi connectivity index (χ0) is 46.9. The average molecular weight is 946 g/mol. The van der Waals surface area contributed by atoms with Crippen LogP contribution >= 0.6 is 23.2 Å². The zero-order valence-corrected chi connectivity index (χ0v) is 39.6. The molecule has 14 heteroatoms. The lowest BCUT2D eigenvalue weighted by Crippen LogP contribution is -2.52. The minimum Gasteiger partial charge on any atom is -0.494 e. The van der Waals surface area contributed by atoms with Gasteiger partial charge in [0.25, 0.3) is 5.91 Å². The van der Waals surface area contributed by atoms with Gasteiger partial charge >= 0.3 is 0 Å². The van der Waals surface area contributed by atoms with Crippen molar-refractivity contribution in [2.45, 2.75) is 95.3 Å². The molecule has 4 fully saturated rings. The van der Waals surface area contributed by atoms with E-state index in [1.54, 1.807) is 30.2 Å². The normalized spacial score (nSPS) is 26.7. The van der Waals surface area contributed by atoms with Crippen molar-refractivity contribution in [2.24, 2.45) is 23.2 Å². The van der Waals surface area contributed by atoms with Gasteiger partial charge in [-0.3, -0.25) is 24.5 Å². The van der Waals surface area contributed by atoms with Crippen molar-refractivity contribution in [2.75, 3.05) is 42.3 Å². The van der Waals surface area contributed by atoms with Gasteiger partial charge in [0.05, 0.1) is 23.9 Å². The van der Waals surface area contributed by atoms with E-state index in [4.69, 9.17) is 27.9 Å². The third-order valence-corrected chi connectivity index (χ3v) is 15.7. The minimum absolute atomic E-state index is 0.00794. The predicted molar refractivity (Wildman–Crippen MR) is 258 cm³/mol. The van der Waals surface area contributed by atoms with Crippen LogP contribution < -0.4 is 30.9 Å². The van der Waals surface area contributed by atoms with E-state index in [0.717, 1.165) is 66.8 Å². The first-order valence-corrected chi connectivity index (χ1v) is 24.1.